The van der Waals surface area contributed by atoms with Crippen molar-refractivity contribution in [3.8, 4) is 0 Å². The van der Waals surface area contributed by atoms with Crippen LogP contribution in [0.4, 0.5) is 0 Å². The van der Waals surface area contributed by atoms with Gasteiger partial charge < -0.3 is 5.32 Å². The molecular formula is C14H20BrN. The molecule has 1 aliphatic rings. The lowest BCUT2D eigenvalue weighted by Gasteiger charge is -2.15. The second kappa shape index (κ2) is 5.83. The summed E-state index contributed by atoms with van der Waals surface area (Å²) < 4.78 is 1.15. The van der Waals surface area contributed by atoms with Gasteiger partial charge in [-0.25, -0.2) is 0 Å². The Kier molecular flexibility index (Phi) is 4.42. The van der Waals surface area contributed by atoms with E-state index in [9.17, 15) is 0 Å². The van der Waals surface area contributed by atoms with Gasteiger partial charge in [0.25, 0.3) is 0 Å². The zero-order valence-electron chi connectivity index (χ0n) is 9.88. The highest BCUT2D eigenvalue weighted by atomic mass is 79.9. The van der Waals surface area contributed by atoms with Crippen LogP contribution in [0.2, 0.25) is 0 Å². The Labute approximate surface area is 107 Å². The summed E-state index contributed by atoms with van der Waals surface area (Å²) in [6.45, 7) is 4.56. The van der Waals surface area contributed by atoms with Crippen molar-refractivity contribution in [3.05, 3.63) is 34.3 Å². The lowest BCUT2D eigenvalue weighted by Crippen LogP contribution is -2.23. The van der Waals surface area contributed by atoms with E-state index in [1.165, 1.54) is 31.4 Å². The third-order valence-corrected chi connectivity index (χ3v) is 4.22. The van der Waals surface area contributed by atoms with Crippen molar-refractivity contribution < 1.29 is 0 Å². The van der Waals surface area contributed by atoms with Crippen molar-refractivity contribution in [2.24, 2.45) is 11.8 Å². The summed E-state index contributed by atoms with van der Waals surface area (Å²) in [5.74, 6) is 1.81. The molecule has 0 bridgehead atoms. The molecule has 1 aromatic carbocycles. The van der Waals surface area contributed by atoms with E-state index in [0.717, 1.165) is 22.9 Å². The fourth-order valence-electron chi connectivity index (χ4n) is 2.53. The van der Waals surface area contributed by atoms with E-state index in [1.807, 2.05) is 0 Å². The summed E-state index contributed by atoms with van der Waals surface area (Å²) in [5.41, 5.74) is 1.37. The number of nitrogens with one attached hydrogen (secondary N) is 1. The SMILES string of the molecule is CC1CCCC1CNCc1ccc(Br)cc1. The van der Waals surface area contributed by atoms with Gasteiger partial charge in [0.05, 0.1) is 0 Å². The summed E-state index contributed by atoms with van der Waals surface area (Å²) in [7, 11) is 0. The minimum Gasteiger partial charge on any atom is -0.312 e. The van der Waals surface area contributed by atoms with Crippen LogP contribution >= 0.6 is 15.9 Å². The van der Waals surface area contributed by atoms with E-state index in [-0.39, 0.29) is 0 Å². The van der Waals surface area contributed by atoms with Crippen LogP contribution in [-0.2, 0) is 6.54 Å². The smallest absolute Gasteiger partial charge is 0.0205 e. The Balaban J connectivity index is 1.73. The molecular weight excluding hydrogens is 262 g/mol. The molecule has 0 spiro atoms. The first kappa shape index (κ1) is 12.1. The molecule has 0 saturated heterocycles. The predicted molar refractivity (Wildman–Crippen MR) is 72.4 cm³/mol. The van der Waals surface area contributed by atoms with Crippen LogP contribution in [0.25, 0.3) is 0 Å². The Morgan fingerprint density at radius 3 is 2.62 bits per heavy atom. The molecule has 1 aromatic rings. The third-order valence-electron chi connectivity index (χ3n) is 3.69. The molecule has 1 nitrogen and oxygen atoms in total. The fraction of sp³-hybridized carbons (Fsp3) is 0.571. The van der Waals surface area contributed by atoms with Gasteiger partial charge in [0.1, 0.15) is 0 Å². The summed E-state index contributed by atoms with van der Waals surface area (Å²) in [5, 5.41) is 3.58. The molecule has 2 unspecified atom stereocenters. The molecule has 0 amide bonds. The lowest BCUT2D eigenvalue weighted by atomic mass is 9.98. The van der Waals surface area contributed by atoms with Gasteiger partial charge in [-0.2, -0.15) is 0 Å². The van der Waals surface area contributed by atoms with E-state index < -0.39 is 0 Å². The highest BCUT2D eigenvalue weighted by Gasteiger charge is 2.22. The monoisotopic (exact) mass is 281 g/mol. The molecule has 1 N–H and O–H groups in total. The van der Waals surface area contributed by atoms with Crippen molar-refractivity contribution in [1.29, 1.82) is 0 Å². The molecule has 2 heteroatoms. The largest absolute Gasteiger partial charge is 0.312 e. The molecule has 0 aliphatic heterocycles. The van der Waals surface area contributed by atoms with Crippen LogP contribution in [0, 0.1) is 11.8 Å². The van der Waals surface area contributed by atoms with Crippen LogP contribution in [-0.4, -0.2) is 6.54 Å². The van der Waals surface area contributed by atoms with E-state index in [4.69, 9.17) is 0 Å². The average Bonchev–Trinajstić information content (AvgIpc) is 2.68. The van der Waals surface area contributed by atoms with Gasteiger partial charge in [0.2, 0.25) is 0 Å². The van der Waals surface area contributed by atoms with Gasteiger partial charge in [-0.05, 0) is 42.5 Å². The van der Waals surface area contributed by atoms with E-state index in [1.54, 1.807) is 0 Å². The van der Waals surface area contributed by atoms with E-state index in [0.29, 0.717) is 0 Å². The van der Waals surface area contributed by atoms with Crippen molar-refractivity contribution in [3.63, 3.8) is 0 Å². The molecule has 1 aliphatic carbocycles. The van der Waals surface area contributed by atoms with Gasteiger partial charge in [0.15, 0.2) is 0 Å². The van der Waals surface area contributed by atoms with Crippen LogP contribution in [0.1, 0.15) is 31.7 Å². The van der Waals surface area contributed by atoms with E-state index >= 15 is 0 Å². The minimum atomic E-state index is 0.899. The normalized spacial score (nSPS) is 24.9. The Morgan fingerprint density at radius 1 is 1.25 bits per heavy atom. The zero-order chi connectivity index (χ0) is 11.4. The first-order valence-electron chi connectivity index (χ1n) is 6.21. The highest BCUT2D eigenvalue weighted by molar-refractivity contribution is 9.10. The van der Waals surface area contributed by atoms with Crippen LogP contribution in [0.3, 0.4) is 0 Å². The van der Waals surface area contributed by atoms with Gasteiger partial charge in [0, 0.05) is 11.0 Å². The van der Waals surface area contributed by atoms with Gasteiger partial charge in [-0.3, -0.25) is 0 Å². The van der Waals surface area contributed by atoms with Crippen LogP contribution in [0.5, 0.6) is 0 Å². The quantitative estimate of drug-likeness (QED) is 0.881. The third kappa shape index (κ3) is 3.33. The summed E-state index contributed by atoms with van der Waals surface area (Å²) in [4.78, 5) is 0. The van der Waals surface area contributed by atoms with Gasteiger partial charge >= 0.3 is 0 Å². The Hall–Kier alpha value is -0.340. The lowest BCUT2D eigenvalue weighted by molar-refractivity contribution is 0.392. The van der Waals surface area contributed by atoms with Gasteiger partial charge in [-0.15, -0.1) is 0 Å². The Bertz CT molecular complexity index is 320. The first-order valence-corrected chi connectivity index (χ1v) is 7.00. The maximum absolute atomic E-state index is 3.58. The standard InChI is InChI=1S/C14H20BrN/c1-11-3-2-4-13(11)10-16-9-12-5-7-14(15)8-6-12/h5-8,11,13,16H,2-4,9-10H2,1H3. The maximum Gasteiger partial charge on any atom is 0.0205 e. The molecule has 16 heavy (non-hydrogen) atoms. The first-order chi connectivity index (χ1) is 7.75. The molecule has 2 rings (SSSR count). The van der Waals surface area contributed by atoms with Crippen LogP contribution < -0.4 is 5.32 Å². The number of hydrogen-bond donors (Lipinski definition) is 1. The maximum atomic E-state index is 3.58. The van der Waals surface area contributed by atoms with Gasteiger partial charge in [-0.1, -0.05) is 47.8 Å². The Morgan fingerprint density at radius 2 is 2.00 bits per heavy atom. The molecule has 0 radical (unpaired) electrons. The predicted octanol–water partition coefficient (Wildman–Crippen LogP) is 3.97. The number of benzene rings is 1. The van der Waals surface area contributed by atoms with E-state index in [2.05, 4.69) is 52.4 Å². The minimum absolute atomic E-state index is 0.899. The van der Waals surface area contributed by atoms with Crippen molar-refractivity contribution in [2.75, 3.05) is 6.54 Å². The second-order valence-electron chi connectivity index (χ2n) is 4.93. The average molecular weight is 282 g/mol. The van der Waals surface area contributed by atoms with Crippen LogP contribution in [0.15, 0.2) is 28.7 Å². The molecule has 0 heterocycles. The second-order valence-corrected chi connectivity index (χ2v) is 5.84. The fourth-order valence-corrected chi connectivity index (χ4v) is 2.79. The highest BCUT2D eigenvalue weighted by Crippen LogP contribution is 2.30. The molecule has 88 valence electrons. The van der Waals surface area contributed by atoms with Crippen molar-refractivity contribution in [2.45, 2.75) is 32.7 Å². The molecule has 0 aromatic heterocycles. The molecule has 2 atom stereocenters. The molecule has 1 fully saturated rings. The summed E-state index contributed by atoms with van der Waals surface area (Å²) >= 11 is 3.45. The van der Waals surface area contributed by atoms with Crippen molar-refractivity contribution >= 4 is 15.9 Å². The number of rotatable bonds is 4. The molecule has 1 saturated carbocycles. The van der Waals surface area contributed by atoms with Crippen molar-refractivity contribution in [1.82, 2.24) is 5.32 Å². The summed E-state index contributed by atoms with van der Waals surface area (Å²) in [6.07, 6.45) is 4.25. The zero-order valence-corrected chi connectivity index (χ0v) is 11.5. The number of hydrogen-bond acceptors (Lipinski definition) is 1. The topological polar surface area (TPSA) is 12.0 Å². The summed E-state index contributed by atoms with van der Waals surface area (Å²) in [6, 6.07) is 8.56. The number of halogens is 1.